The van der Waals surface area contributed by atoms with Crippen molar-refractivity contribution in [2.75, 3.05) is 23.7 Å². The third-order valence-electron chi connectivity index (χ3n) is 4.49. The molecule has 0 spiro atoms. The standard InChI is InChI=1S/C19H19Cl2N3O2.ClH/c20-13-5-1-3-7-15(13)23-17(25)11-19(9-10-22-12-19)18(26)24-16-8-4-2-6-14(16)21;/h1-8,22H,9-12H2,(H,23,25)(H,24,26);1H. The van der Waals surface area contributed by atoms with Gasteiger partial charge in [0.15, 0.2) is 0 Å². The van der Waals surface area contributed by atoms with Crippen LogP contribution < -0.4 is 16.0 Å². The van der Waals surface area contributed by atoms with Gasteiger partial charge in [-0.1, -0.05) is 47.5 Å². The maximum atomic E-state index is 12.9. The highest BCUT2D eigenvalue weighted by molar-refractivity contribution is 6.34. The molecular formula is C19H20Cl3N3O2. The summed E-state index contributed by atoms with van der Waals surface area (Å²) in [4.78, 5) is 25.5. The van der Waals surface area contributed by atoms with Gasteiger partial charge in [0, 0.05) is 13.0 Å². The molecule has 1 aliphatic rings. The van der Waals surface area contributed by atoms with Crippen LogP contribution in [0, 0.1) is 5.41 Å². The molecule has 0 aliphatic carbocycles. The van der Waals surface area contributed by atoms with E-state index in [9.17, 15) is 9.59 Å². The Morgan fingerprint density at radius 1 is 0.963 bits per heavy atom. The molecule has 2 aromatic carbocycles. The number of anilines is 2. The summed E-state index contributed by atoms with van der Waals surface area (Å²) in [5.74, 6) is -0.471. The van der Waals surface area contributed by atoms with Gasteiger partial charge in [0.1, 0.15) is 0 Å². The number of hydrogen-bond donors (Lipinski definition) is 3. The van der Waals surface area contributed by atoms with Crippen LogP contribution in [0.4, 0.5) is 11.4 Å². The quantitative estimate of drug-likeness (QED) is 0.662. The topological polar surface area (TPSA) is 70.2 Å². The van der Waals surface area contributed by atoms with Gasteiger partial charge < -0.3 is 16.0 Å². The molecule has 1 aliphatic heterocycles. The van der Waals surface area contributed by atoms with Crippen molar-refractivity contribution >= 4 is 58.8 Å². The summed E-state index contributed by atoms with van der Waals surface area (Å²) >= 11 is 12.2. The van der Waals surface area contributed by atoms with E-state index >= 15 is 0 Å². The molecule has 2 aromatic rings. The lowest BCUT2D eigenvalue weighted by molar-refractivity contribution is -0.129. The Hall–Kier alpha value is -1.79. The van der Waals surface area contributed by atoms with Gasteiger partial charge in [-0.25, -0.2) is 0 Å². The van der Waals surface area contributed by atoms with E-state index in [-0.39, 0.29) is 30.6 Å². The lowest BCUT2D eigenvalue weighted by Crippen LogP contribution is -2.41. The number of amides is 2. The lowest BCUT2D eigenvalue weighted by atomic mass is 9.82. The van der Waals surface area contributed by atoms with Crippen LogP contribution in [0.3, 0.4) is 0 Å². The molecule has 2 amide bonds. The predicted molar refractivity (Wildman–Crippen MR) is 112 cm³/mol. The number of nitrogens with one attached hydrogen (secondary N) is 3. The molecule has 1 unspecified atom stereocenters. The first-order valence-electron chi connectivity index (χ1n) is 8.31. The van der Waals surface area contributed by atoms with E-state index in [1.807, 2.05) is 0 Å². The second-order valence-corrected chi connectivity index (χ2v) is 7.16. The summed E-state index contributed by atoms with van der Waals surface area (Å²) in [5, 5.41) is 9.74. The van der Waals surface area contributed by atoms with E-state index in [0.29, 0.717) is 40.9 Å². The van der Waals surface area contributed by atoms with Gasteiger partial charge in [0.05, 0.1) is 26.8 Å². The normalized spacial score (nSPS) is 18.4. The maximum absolute atomic E-state index is 12.9. The Balaban J connectivity index is 0.00000261. The fraction of sp³-hybridized carbons (Fsp3) is 0.263. The van der Waals surface area contributed by atoms with Crippen molar-refractivity contribution < 1.29 is 9.59 Å². The summed E-state index contributed by atoms with van der Waals surface area (Å²) in [5.41, 5.74) is 0.244. The average molecular weight is 429 g/mol. The Labute approximate surface area is 174 Å². The van der Waals surface area contributed by atoms with Crippen LogP contribution in [0.25, 0.3) is 0 Å². The van der Waals surface area contributed by atoms with E-state index in [1.165, 1.54) is 0 Å². The number of halogens is 3. The van der Waals surface area contributed by atoms with Crippen molar-refractivity contribution in [1.82, 2.24) is 5.32 Å². The molecule has 3 rings (SSSR count). The largest absolute Gasteiger partial charge is 0.325 e. The molecule has 3 N–H and O–H groups in total. The van der Waals surface area contributed by atoms with E-state index < -0.39 is 5.41 Å². The molecule has 0 radical (unpaired) electrons. The van der Waals surface area contributed by atoms with Crippen LogP contribution in [-0.4, -0.2) is 24.9 Å². The van der Waals surface area contributed by atoms with Gasteiger partial charge in [-0.15, -0.1) is 12.4 Å². The Kier molecular flexibility index (Phi) is 7.50. The van der Waals surface area contributed by atoms with Crippen molar-refractivity contribution in [3.63, 3.8) is 0 Å². The second kappa shape index (κ2) is 9.42. The van der Waals surface area contributed by atoms with Gasteiger partial charge in [-0.05, 0) is 37.2 Å². The Morgan fingerprint density at radius 2 is 1.52 bits per heavy atom. The van der Waals surface area contributed by atoms with Crippen LogP contribution in [0.5, 0.6) is 0 Å². The highest BCUT2D eigenvalue weighted by Gasteiger charge is 2.43. The average Bonchev–Trinajstić information content (AvgIpc) is 3.08. The zero-order valence-corrected chi connectivity index (χ0v) is 16.8. The van der Waals surface area contributed by atoms with Crippen molar-refractivity contribution in [3.05, 3.63) is 58.6 Å². The van der Waals surface area contributed by atoms with E-state index in [0.717, 1.165) is 0 Å². The van der Waals surface area contributed by atoms with Gasteiger partial charge >= 0.3 is 0 Å². The van der Waals surface area contributed by atoms with Crippen LogP contribution in [-0.2, 0) is 9.59 Å². The molecule has 5 nitrogen and oxygen atoms in total. The molecular weight excluding hydrogens is 409 g/mol. The molecule has 0 saturated carbocycles. The Morgan fingerprint density at radius 3 is 2.04 bits per heavy atom. The minimum Gasteiger partial charge on any atom is -0.325 e. The highest BCUT2D eigenvalue weighted by atomic mass is 35.5. The molecule has 27 heavy (non-hydrogen) atoms. The summed E-state index contributed by atoms with van der Waals surface area (Å²) in [6.45, 7) is 1.11. The molecule has 1 fully saturated rings. The SMILES string of the molecule is Cl.O=C(CC1(C(=O)Nc2ccccc2Cl)CCNC1)Nc1ccccc1Cl. The molecule has 1 heterocycles. The third-order valence-corrected chi connectivity index (χ3v) is 5.15. The number of benzene rings is 2. The summed E-state index contributed by atoms with van der Waals surface area (Å²) < 4.78 is 0. The molecule has 0 bridgehead atoms. The van der Waals surface area contributed by atoms with Crippen LogP contribution in [0.2, 0.25) is 10.0 Å². The third kappa shape index (κ3) is 5.14. The van der Waals surface area contributed by atoms with Gasteiger partial charge in [-0.3, -0.25) is 9.59 Å². The van der Waals surface area contributed by atoms with Crippen LogP contribution >= 0.6 is 35.6 Å². The number of carbonyl (C=O) groups is 2. The fourth-order valence-corrected chi connectivity index (χ4v) is 3.42. The minimum absolute atomic E-state index is 0. The molecule has 1 atom stereocenters. The Bertz CT molecular complexity index is 823. The first-order chi connectivity index (χ1) is 12.5. The van der Waals surface area contributed by atoms with Crippen molar-refractivity contribution in [1.29, 1.82) is 0 Å². The zero-order chi connectivity index (χ0) is 18.6. The fourth-order valence-electron chi connectivity index (χ4n) is 3.05. The van der Waals surface area contributed by atoms with Gasteiger partial charge in [-0.2, -0.15) is 0 Å². The first-order valence-corrected chi connectivity index (χ1v) is 9.07. The predicted octanol–water partition coefficient (Wildman–Crippen LogP) is 4.36. The van der Waals surface area contributed by atoms with E-state index in [4.69, 9.17) is 23.2 Å². The van der Waals surface area contributed by atoms with Crippen LogP contribution in [0.15, 0.2) is 48.5 Å². The monoisotopic (exact) mass is 427 g/mol. The number of para-hydroxylation sites is 2. The van der Waals surface area contributed by atoms with Crippen molar-refractivity contribution in [3.8, 4) is 0 Å². The van der Waals surface area contributed by atoms with Crippen molar-refractivity contribution in [2.24, 2.45) is 5.41 Å². The van der Waals surface area contributed by atoms with E-state index in [2.05, 4.69) is 16.0 Å². The minimum atomic E-state index is -0.829. The van der Waals surface area contributed by atoms with E-state index in [1.54, 1.807) is 48.5 Å². The molecule has 1 saturated heterocycles. The van der Waals surface area contributed by atoms with Gasteiger partial charge in [0.25, 0.3) is 0 Å². The first kappa shape index (κ1) is 21.5. The number of rotatable bonds is 5. The second-order valence-electron chi connectivity index (χ2n) is 6.35. The zero-order valence-electron chi connectivity index (χ0n) is 14.4. The maximum Gasteiger partial charge on any atom is 0.232 e. The number of hydrogen-bond acceptors (Lipinski definition) is 3. The highest BCUT2D eigenvalue weighted by Crippen LogP contribution is 2.33. The lowest BCUT2D eigenvalue weighted by Gasteiger charge is -2.26. The number of carbonyl (C=O) groups excluding carboxylic acids is 2. The summed E-state index contributed by atoms with van der Waals surface area (Å²) in [6, 6.07) is 14.0. The molecule has 144 valence electrons. The summed E-state index contributed by atoms with van der Waals surface area (Å²) in [6.07, 6.45) is 0.626. The summed E-state index contributed by atoms with van der Waals surface area (Å²) in [7, 11) is 0. The van der Waals surface area contributed by atoms with Crippen molar-refractivity contribution in [2.45, 2.75) is 12.8 Å². The molecule has 8 heteroatoms. The van der Waals surface area contributed by atoms with Gasteiger partial charge in [0.2, 0.25) is 11.8 Å². The van der Waals surface area contributed by atoms with Crippen LogP contribution in [0.1, 0.15) is 12.8 Å². The molecule has 0 aromatic heterocycles. The smallest absolute Gasteiger partial charge is 0.232 e.